The number of hydrogen-bond acceptors (Lipinski definition) is 2. The van der Waals surface area contributed by atoms with E-state index in [1.54, 1.807) is 0 Å². The molecule has 1 aromatic heterocycles. The molecule has 0 aliphatic carbocycles. The van der Waals surface area contributed by atoms with Crippen molar-refractivity contribution in [2.45, 2.75) is 26.7 Å². The highest BCUT2D eigenvalue weighted by Crippen LogP contribution is 2.30. The SMILES string of the molecule is CCCCN(C)c1cc(C)nc2c(Br)cccc12. The number of nitrogens with zero attached hydrogens (tertiary/aromatic N) is 2. The lowest BCUT2D eigenvalue weighted by Gasteiger charge is -2.21. The summed E-state index contributed by atoms with van der Waals surface area (Å²) in [5.41, 5.74) is 3.39. The van der Waals surface area contributed by atoms with Crippen LogP contribution in [0, 0.1) is 6.92 Å². The van der Waals surface area contributed by atoms with Gasteiger partial charge in [-0.2, -0.15) is 0 Å². The fourth-order valence-electron chi connectivity index (χ4n) is 2.15. The summed E-state index contributed by atoms with van der Waals surface area (Å²) in [6, 6.07) is 8.43. The van der Waals surface area contributed by atoms with E-state index in [1.807, 2.05) is 6.07 Å². The predicted octanol–water partition coefficient (Wildman–Crippen LogP) is 4.54. The molecule has 0 spiro atoms. The first-order chi connectivity index (χ1) is 8.63. The molecule has 2 aromatic rings. The van der Waals surface area contributed by atoms with Gasteiger partial charge < -0.3 is 4.90 Å². The summed E-state index contributed by atoms with van der Waals surface area (Å²) >= 11 is 3.59. The summed E-state index contributed by atoms with van der Waals surface area (Å²) in [4.78, 5) is 6.95. The van der Waals surface area contributed by atoms with Crippen LogP contribution in [0.4, 0.5) is 5.69 Å². The molecule has 0 aliphatic rings. The first kappa shape index (κ1) is 13.3. The molecule has 3 heteroatoms. The van der Waals surface area contributed by atoms with Gasteiger partial charge in [0.25, 0.3) is 0 Å². The average Bonchev–Trinajstić information content (AvgIpc) is 2.36. The molecule has 0 unspecified atom stereocenters. The third kappa shape index (κ3) is 2.66. The van der Waals surface area contributed by atoms with E-state index < -0.39 is 0 Å². The van der Waals surface area contributed by atoms with Crippen molar-refractivity contribution >= 4 is 32.5 Å². The van der Waals surface area contributed by atoms with E-state index in [-0.39, 0.29) is 0 Å². The Morgan fingerprint density at radius 2 is 2.11 bits per heavy atom. The van der Waals surface area contributed by atoms with Crippen molar-refractivity contribution in [2.75, 3.05) is 18.5 Å². The summed E-state index contributed by atoms with van der Waals surface area (Å²) < 4.78 is 1.06. The second-order valence-electron chi connectivity index (χ2n) is 4.69. The molecule has 1 heterocycles. The molecule has 0 atom stereocenters. The maximum absolute atomic E-state index is 4.62. The van der Waals surface area contributed by atoms with Gasteiger partial charge in [-0.25, -0.2) is 0 Å². The van der Waals surface area contributed by atoms with E-state index in [1.165, 1.54) is 23.9 Å². The largest absolute Gasteiger partial charge is 0.374 e. The van der Waals surface area contributed by atoms with E-state index in [4.69, 9.17) is 0 Å². The zero-order chi connectivity index (χ0) is 13.1. The molecule has 2 rings (SSSR count). The van der Waals surface area contributed by atoms with Crippen LogP contribution >= 0.6 is 15.9 Å². The van der Waals surface area contributed by atoms with Gasteiger partial charge in [-0.15, -0.1) is 0 Å². The minimum absolute atomic E-state index is 1.05. The van der Waals surface area contributed by atoms with Gasteiger partial charge in [0.05, 0.1) is 5.52 Å². The van der Waals surface area contributed by atoms with Crippen molar-refractivity contribution in [3.05, 3.63) is 34.4 Å². The minimum atomic E-state index is 1.05. The molecular weight excluding hydrogens is 288 g/mol. The minimum Gasteiger partial charge on any atom is -0.374 e. The number of aryl methyl sites for hydroxylation is 1. The summed E-state index contributed by atoms with van der Waals surface area (Å²) in [5, 5.41) is 1.22. The fourth-order valence-corrected chi connectivity index (χ4v) is 2.61. The monoisotopic (exact) mass is 306 g/mol. The number of unbranched alkanes of at least 4 members (excludes halogenated alkanes) is 1. The molecule has 0 saturated heterocycles. The Morgan fingerprint density at radius 3 is 2.83 bits per heavy atom. The number of hydrogen-bond donors (Lipinski definition) is 0. The Morgan fingerprint density at radius 1 is 1.33 bits per heavy atom. The Balaban J connectivity index is 2.52. The highest BCUT2D eigenvalue weighted by molar-refractivity contribution is 9.10. The Bertz CT molecular complexity index is 551. The number of rotatable bonds is 4. The van der Waals surface area contributed by atoms with Crippen LogP contribution in [0.25, 0.3) is 10.9 Å². The van der Waals surface area contributed by atoms with Gasteiger partial charge in [0.15, 0.2) is 0 Å². The number of para-hydroxylation sites is 1. The van der Waals surface area contributed by atoms with Crippen LogP contribution in [0.2, 0.25) is 0 Å². The van der Waals surface area contributed by atoms with Crippen LogP contribution < -0.4 is 4.90 Å². The normalized spacial score (nSPS) is 10.9. The molecule has 0 saturated carbocycles. The zero-order valence-electron chi connectivity index (χ0n) is 11.2. The van der Waals surface area contributed by atoms with Gasteiger partial charge in [-0.05, 0) is 41.4 Å². The lowest BCUT2D eigenvalue weighted by molar-refractivity contribution is 0.768. The van der Waals surface area contributed by atoms with E-state index in [0.29, 0.717) is 0 Å². The van der Waals surface area contributed by atoms with Crippen molar-refractivity contribution in [3.8, 4) is 0 Å². The predicted molar refractivity (Wildman–Crippen MR) is 82.4 cm³/mol. The molecule has 0 amide bonds. The summed E-state index contributed by atoms with van der Waals surface area (Å²) in [6.45, 7) is 5.36. The molecule has 0 N–H and O–H groups in total. The lowest BCUT2D eigenvalue weighted by atomic mass is 10.1. The summed E-state index contributed by atoms with van der Waals surface area (Å²) in [6.07, 6.45) is 2.43. The van der Waals surface area contributed by atoms with E-state index >= 15 is 0 Å². The Hall–Kier alpha value is -1.09. The quantitative estimate of drug-likeness (QED) is 0.824. The van der Waals surface area contributed by atoms with Crippen LogP contribution in [-0.2, 0) is 0 Å². The topological polar surface area (TPSA) is 16.1 Å². The molecule has 18 heavy (non-hydrogen) atoms. The summed E-state index contributed by atoms with van der Waals surface area (Å²) in [7, 11) is 2.16. The molecule has 0 aliphatic heterocycles. The fraction of sp³-hybridized carbons (Fsp3) is 0.400. The molecule has 0 bridgehead atoms. The summed E-state index contributed by atoms with van der Waals surface area (Å²) in [5.74, 6) is 0. The van der Waals surface area contributed by atoms with Gasteiger partial charge in [0.2, 0.25) is 0 Å². The van der Waals surface area contributed by atoms with Gasteiger partial charge in [0.1, 0.15) is 0 Å². The number of aromatic nitrogens is 1. The van der Waals surface area contributed by atoms with E-state index in [9.17, 15) is 0 Å². The number of benzene rings is 1. The average molecular weight is 307 g/mol. The number of fused-ring (bicyclic) bond motifs is 1. The second kappa shape index (κ2) is 5.70. The molecular formula is C15H19BrN2. The number of halogens is 1. The molecule has 1 aromatic carbocycles. The number of pyridine rings is 1. The van der Waals surface area contributed by atoms with E-state index in [0.717, 1.165) is 22.2 Å². The van der Waals surface area contributed by atoms with Crippen molar-refractivity contribution in [2.24, 2.45) is 0 Å². The maximum Gasteiger partial charge on any atom is 0.0867 e. The van der Waals surface area contributed by atoms with Crippen molar-refractivity contribution in [1.82, 2.24) is 4.98 Å². The molecule has 0 fully saturated rings. The number of anilines is 1. The highest BCUT2D eigenvalue weighted by Gasteiger charge is 2.09. The van der Waals surface area contributed by atoms with Gasteiger partial charge in [-0.3, -0.25) is 4.98 Å². The van der Waals surface area contributed by atoms with Crippen molar-refractivity contribution in [3.63, 3.8) is 0 Å². The van der Waals surface area contributed by atoms with E-state index in [2.05, 4.69) is 64.9 Å². The van der Waals surface area contributed by atoms with Gasteiger partial charge in [-0.1, -0.05) is 25.5 Å². The second-order valence-corrected chi connectivity index (χ2v) is 5.55. The third-order valence-electron chi connectivity index (χ3n) is 3.15. The first-order valence-corrected chi connectivity index (χ1v) is 7.19. The maximum atomic E-state index is 4.62. The molecule has 0 radical (unpaired) electrons. The lowest BCUT2D eigenvalue weighted by Crippen LogP contribution is -2.19. The van der Waals surface area contributed by atoms with Crippen LogP contribution in [-0.4, -0.2) is 18.6 Å². The van der Waals surface area contributed by atoms with Crippen LogP contribution in [0.3, 0.4) is 0 Å². The van der Waals surface area contributed by atoms with Crippen LogP contribution in [0.1, 0.15) is 25.5 Å². The Kier molecular flexibility index (Phi) is 4.23. The molecule has 96 valence electrons. The standard InChI is InChI=1S/C15H19BrN2/c1-4-5-9-18(3)14-10-11(2)17-15-12(14)7-6-8-13(15)16/h6-8,10H,4-5,9H2,1-3H3. The third-order valence-corrected chi connectivity index (χ3v) is 3.79. The van der Waals surface area contributed by atoms with Gasteiger partial charge >= 0.3 is 0 Å². The van der Waals surface area contributed by atoms with Gasteiger partial charge in [0, 0.05) is 34.8 Å². The molecule has 2 nitrogen and oxygen atoms in total. The zero-order valence-corrected chi connectivity index (χ0v) is 12.8. The van der Waals surface area contributed by atoms with Crippen LogP contribution in [0.5, 0.6) is 0 Å². The Labute approximate surface area is 117 Å². The van der Waals surface area contributed by atoms with Crippen LogP contribution in [0.15, 0.2) is 28.7 Å². The van der Waals surface area contributed by atoms with Crippen molar-refractivity contribution < 1.29 is 0 Å². The highest BCUT2D eigenvalue weighted by atomic mass is 79.9. The first-order valence-electron chi connectivity index (χ1n) is 6.40. The van der Waals surface area contributed by atoms with Crippen molar-refractivity contribution in [1.29, 1.82) is 0 Å². The smallest absolute Gasteiger partial charge is 0.0867 e.